The highest BCUT2D eigenvalue weighted by atomic mass is 16.5. The van der Waals surface area contributed by atoms with Gasteiger partial charge in [-0.05, 0) is 12.1 Å². The maximum Gasteiger partial charge on any atom is 0.148 e. The lowest BCUT2D eigenvalue weighted by Crippen LogP contribution is -2.00. The molecule has 1 aromatic carbocycles. The molecule has 2 aromatic rings. The molecule has 1 aromatic heterocycles. The summed E-state index contributed by atoms with van der Waals surface area (Å²) in [5, 5.41) is 9.71. The number of benzene rings is 1. The topological polar surface area (TPSA) is 38.0 Å². The van der Waals surface area contributed by atoms with Gasteiger partial charge in [0.1, 0.15) is 11.3 Å². The minimum Gasteiger partial charge on any atom is -0.427 e. The van der Waals surface area contributed by atoms with Crippen molar-refractivity contribution in [1.29, 1.82) is 0 Å². The quantitative estimate of drug-likeness (QED) is 0.677. The van der Waals surface area contributed by atoms with E-state index >= 15 is 0 Å². The number of para-hydroxylation sites is 2. The number of fused-ring (bicyclic) bond motifs is 1. The molecule has 3 heteroatoms. The maximum atomic E-state index is 9.71. The summed E-state index contributed by atoms with van der Waals surface area (Å²) in [6.07, 6.45) is 0. The SMILES string of the molecule is CC(C)c1nc2ccccc2n1O. The lowest BCUT2D eigenvalue weighted by Gasteiger charge is -2.02. The van der Waals surface area contributed by atoms with E-state index < -0.39 is 0 Å². The van der Waals surface area contributed by atoms with Crippen LogP contribution in [0.25, 0.3) is 11.0 Å². The predicted octanol–water partition coefficient (Wildman–Crippen LogP) is 2.40. The number of aromatic nitrogens is 2. The number of hydrogen-bond donors (Lipinski definition) is 1. The lowest BCUT2D eigenvalue weighted by molar-refractivity contribution is 0.185. The summed E-state index contributed by atoms with van der Waals surface area (Å²) >= 11 is 0. The molecule has 1 heterocycles. The van der Waals surface area contributed by atoms with E-state index in [9.17, 15) is 5.21 Å². The zero-order valence-corrected chi connectivity index (χ0v) is 7.73. The van der Waals surface area contributed by atoms with Crippen molar-refractivity contribution in [3.63, 3.8) is 0 Å². The zero-order valence-electron chi connectivity index (χ0n) is 7.73. The number of imidazole rings is 1. The minimum atomic E-state index is 0.234. The zero-order chi connectivity index (χ0) is 9.42. The van der Waals surface area contributed by atoms with Gasteiger partial charge in [0, 0.05) is 5.92 Å². The average Bonchev–Trinajstić information content (AvgIpc) is 2.45. The molecule has 0 fully saturated rings. The molecular formula is C10H12N2O. The Morgan fingerprint density at radius 1 is 1.31 bits per heavy atom. The first-order chi connectivity index (χ1) is 6.20. The molecule has 0 aliphatic rings. The Morgan fingerprint density at radius 2 is 2.00 bits per heavy atom. The third-order valence-electron chi connectivity index (χ3n) is 2.08. The third kappa shape index (κ3) is 1.16. The molecule has 13 heavy (non-hydrogen) atoms. The molecule has 0 atom stereocenters. The van der Waals surface area contributed by atoms with Crippen LogP contribution in [0.2, 0.25) is 0 Å². The van der Waals surface area contributed by atoms with Crippen molar-refractivity contribution in [3.8, 4) is 0 Å². The van der Waals surface area contributed by atoms with Crippen LogP contribution in [0.4, 0.5) is 0 Å². The first-order valence-corrected chi connectivity index (χ1v) is 4.37. The number of rotatable bonds is 1. The molecule has 0 amide bonds. The summed E-state index contributed by atoms with van der Waals surface area (Å²) in [7, 11) is 0. The second-order valence-corrected chi connectivity index (χ2v) is 3.43. The lowest BCUT2D eigenvalue weighted by atomic mass is 10.2. The van der Waals surface area contributed by atoms with E-state index in [2.05, 4.69) is 4.98 Å². The molecule has 0 saturated heterocycles. The molecule has 0 bridgehead atoms. The Labute approximate surface area is 76.6 Å². The van der Waals surface area contributed by atoms with Gasteiger partial charge in [0.15, 0.2) is 0 Å². The molecule has 0 aliphatic carbocycles. The van der Waals surface area contributed by atoms with Crippen LogP contribution in [-0.4, -0.2) is 14.9 Å². The van der Waals surface area contributed by atoms with Crippen LogP contribution >= 0.6 is 0 Å². The van der Waals surface area contributed by atoms with E-state index in [4.69, 9.17) is 0 Å². The van der Waals surface area contributed by atoms with Gasteiger partial charge in [-0.2, -0.15) is 4.73 Å². The summed E-state index contributed by atoms with van der Waals surface area (Å²) in [6, 6.07) is 7.56. The van der Waals surface area contributed by atoms with Crippen LogP contribution in [0, 0.1) is 0 Å². The first kappa shape index (κ1) is 8.10. The highest BCUT2D eigenvalue weighted by molar-refractivity contribution is 5.75. The second-order valence-electron chi connectivity index (χ2n) is 3.43. The van der Waals surface area contributed by atoms with E-state index in [1.165, 1.54) is 4.73 Å². The molecule has 0 spiro atoms. The fourth-order valence-corrected chi connectivity index (χ4v) is 1.41. The molecule has 0 aliphatic heterocycles. The van der Waals surface area contributed by atoms with Gasteiger partial charge in [0.05, 0.1) is 5.52 Å². The largest absolute Gasteiger partial charge is 0.427 e. The molecular weight excluding hydrogens is 164 g/mol. The Morgan fingerprint density at radius 3 is 2.62 bits per heavy atom. The summed E-state index contributed by atoms with van der Waals surface area (Å²) < 4.78 is 1.17. The van der Waals surface area contributed by atoms with Gasteiger partial charge < -0.3 is 5.21 Å². The van der Waals surface area contributed by atoms with Crippen molar-refractivity contribution >= 4 is 11.0 Å². The highest BCUT2D eigenvalue weighted by Gasteiger charge is 2.11. The van der Waals surface area contributed by atoms with Crippen LogP contribution in [0.1, 0.15) is 25.6 Å². The van der Waals surface area contributed by atoms with Crippen molar-refractivity contribution in [1.82, 2.24) is 9.71 Å². The Hall–Kier alpha value is -1.51. The average molecular weight is 176 g/mol. The van der Waals surface area contributed by atoms with Crippen LogP contribution in [0.3, 0.4) is 0 Å². The third-order valence-corrected chi connectivity index (χ3v) is 2.08. The normalized spacial score (nSPS) is 11.3. The van der Waals surface area contributed by atoms with Gasteiger partial charge >= 0.3 is 0 Å². The second kappa shape index (κ2) is 2.76. The van der Waals surface area contributed by atoms with Crippen LogP contribution in [0.15, 0.2) is 24.3 Å². The smallest absolute Gasteiger partial charge is 0.148 e. The van der Waals surface area contributed by atoms with Crippen molar-refractivity contribution in [2.24, 2.45) is 0 Å². The molecule has 68 valence electrons. The van der Waals surface area contributed by atoms with Crippen LogP contribution in [0.5, 0.6) is 0 Å². The number of hydrogen-bond acceptors (Lipinski definition) is 2. The molecule has 2 rings (SSSR count). The summed E-state index contributed by atoms with van der Waals surface area (Å²) in [4.78, 5) is 4.32. The summed E-state index contributed by atoms with van der Waals surface area (Å²) in [5.74, 6) is 0.943. The van der Waals surface area contributed by atoms with Gasteiger partial charge in [-0.3, -0.25) is 0 Å². The fraction of sp³-hybridized carbons (Fsp3) is 0.300. The van der Waals surface area contributed by atoms with E-state index in [1.807, 2.05) is 38.1 Å². The minimum absolute atomic E-state index is 0.234. The molecule has 0 saturated carbocycles. The maximum absolute atomic E-state index is 9.71. The van der Waals surface area contributed by atoms with Crippen molar-refractivity contribution in [2.75, 3.05) is 0 Å². The van der Waals surface area contributed by atoms with Crippen molar-refractivity contribution < 1.29 is 5.21 Å². The van der Waals surface area contributed by atoms with E-state index in [1.54, 1.807) is 0 Å². The Balaban J connectivity index is 2.74. The highest BCUT2D eigenvalue weighted by Crippen LogP contribution is 2.19. The van der Waals surface area contributed by atoms with Crippen molar-refractivity contribution in [3.05, 3.63) is 30.1 Å². The molecule has 1 N–H and O–H groups in total. The molecule has 0 radical (unpaired) electrons. The molecule has 0 unspecified atom stereocenters. The van der Waals surface area contributed by atoms with E-state index in [0.717, 1.165) is 11.0 Å². The molecule has 3 nitrogen and oxygen atoms in total. The van der Waals surface area contributed by atoms with Gasteiger partial charge in [-0.25, -0.2) is 4.98 Å². The summed E-state index contributed by atoms with van der Waals surface area (Å²) in [6.45, 7) is 4.02. The monoisotopic (exact) mass is 176 g/mol. The van der Waals surface area contributed by atoms with Gasteiger partial charge in [-0.15, -0.1) is 0 Å². The summed E-state index contributed by atoms with van der Waals surface area (Å²) in [5.41, 5.74) is 1.61. The van der Waals surface area contributed by atoms with Gasteiger partial charge in [-0.1, -0.05) is 26.0 Å². The Bertz CT molecular complexity index is 431. The first-order valence-electron chi connectivity index (χ1n) is 4.37. The van der Waals surface area contributed by atoms with Crippen LogP contribution in [-0.2, 0) is 0 Å². The van der Waals surface area contributed by atoms with E-state index in [-0.39, 0.29) is 5.92 Å². The van der Waals surface area contributed by atoms with Crippen molar-refractivity contribution in [2.45, 2.75) is 19.8 Å². The number of nitrogens with zero attached hydrogens (tertiary/aromatic N) is 2. The van der Waals surface area contributed by atoms with E-state index in [0.29, 0.717) is 5.82 Å². The van der Waals surface area contributed by atoms with Gasteiger partial charge in [0.25, 0.3) is 0 Å². The Kier molecular flexibility index (Phi) is 1.72. The van der Waals surface area contributed by atoms with Crippen LogP contribution < -0.4 is 0 Å². The fourth-order valence-electron chi connectivity index (χ4n) is 1.41. The predicted molar refractivity (Wildman–Crippen MR) is 51.0 cm³/mol. The van der Waals surface area contributed by atoms with Gasteiger partial charge in [0.2, 0.25) is 0 Å². The standard InChI is InChI=1S/C10H12N2O/c1-7(2)10-11-8-5-3-4-6-9(8)12(10)13/h3-7,13H,1-2H3.